The van der Waals surface area contributed by atoms with Crippen LogP contribution in [0.1, 0.15) is 31.2 Å². The number of anilines is 1. The van der Waals surface area contributed by atoms with Gasteiger partial charge in [0.25, 0.3) is 0 Å². The van der Waals surface area contributed by atoms with E-state index in [1.165, 1.54) is 20.6 Å². The first-order valence-electron chi connectivity index (χ1n) is 6.04. The minimum Gasteiger partial charge on any atom is -0.380 e. The second-order valence-electron chi connectivity index (χ2n) is 5.34. The molecule has 2 aromatic rings. The van der Waals surface area contributed by atoms with Gasteiger partial charge in [0.05, 0.1) is 6.54 Å². The van der Waals surface area contributed by atoms with Crippen LogP contribution in [-0.4, -0.2) is 0 Å². The van der Waals surface area contributed by atoms with E-state index in [1.54, 1.807) is 11.3 Å². The first-order valence-corrected chi connectivity index (χ1v) is 7.71. The minimum absolute atomic E-state index is 0.163. The summed E-state index contributed by atoms with van der Waals surface area (Å²) in [4.78, 5) is 1.33. The summed E-state index contributed by atoms with van der Waals surface area (Å²) < 4.78 is 1.19. The van der Waals surface area contributed by atoms with Gasteiger partial charge in [-0.3, -0.25) is 0 Å². The molecular formula is C15H18BrNS. The van der Waals surface area contributed by atoms with E-state index in [4.69, 9.17) is 0 Å². The predicted octanol–water partition coefficient (Wildman–Crippen LogP) is 5.42. The third-order valence-corrected chi connectivity index (χ3v) is 4.79. The van der Waals surface area contributed by atoms with Crippen molar-refractivity contribution >= 4 is 33.0 Å². The average molecular weight is 324 g/mol. The Bertz CT molecular complexity index is 525. The van der Waals surface area contributed by atoms with Crippen LogP contribution in [0, 0.1) is 0 Å². The van der Waals surface area contributed by atoms with Crippen LogP contribution in [0.5, 0.6) is 0 Å². The van der Waals surface area contributed by atoms with Gasteiger partial charge in [0, 0.05) is 15.0 Å². The van der Waals surface area contributed by atoms with Gasteiger partial charge in [-0.05, 0) is 44.4 Å². The van der Waals surface area contributed by atoms with Gasteiger partial charge in [0.1, 0.15) is 0 Å². The van der Waals surface area contributed by atoms with Gasteiger partial charge in [-0.2, -0.15) is 0 Å². The summed E-state index contributed by atoms with van der Waals surface area (Å²) in [7, 11) is 0. The molecule has 1 aromatic heterocycles. The first-order chi connectivity index (χ1) is 8.48. The first kappa shape index (κ1) is 13.6. The lowest BCUT2D eigenvalue weighted by atomic mass is 9.86. The lowest BCUT2D eigenvalue weighted by Gasteiger charge is -2.23. The number of halogens is 1. The molecule has 1 nitrogen and oxygen atoms in total. The number of hydrogen-bond donors (Lipinski definition) is 1. The van der Waals surface area contributed by atoms with Gasteiger partial charge in [0.15, 0.2) is 0 Å². The van der Waals surface area contributed by atoms with E-state index in [1.807, 2.05) is 0 Å². The summed E-state index contributed by atoms with van der Waals surface area (Å²) in [6, 6.07) is 10.6. The number of hydrogen-bond acceptors (Lipinski definition) is 2. The van der Waals surface area contributed by atoms with Crippen LogP contribution in [0.2, 0.25) is 0 Å². The zero-order valence-corrected chi connectivity index (χ0v) is 13.4. The molecule has 3 heteroatoms. The topological polar surface area (TPSA) is 12.0 Å². The number of benzene rings is 1. The zero-order chi connectivity index (χ0) is 13.2. The van der Waals surface area contributed by atoms with E-state index >= 15 is 0 Å². The number of rotatable bonds is 3. The van der Waals surface area contributed by atoms with Crippen LogP contribution >= 0.6 is 27.3 Å². The Morgan fingerprint density at radius 2 is 1.89 bits per heavy atom. The maximum Gasteiger partial charge on any atom is 0.0505 e. The minimum atomic E-state index is 0.163. The molecule has 0 radical (unpaired) electrons. The Morgan fingerprint density at radius 3 is 2.50 bits per heavy atom. The van der Waals surface area contributed by atoms with E-state index in [2.05, 4.69) is 77.7 Å². The molecule has 0 spiro atoms. The zero-order valence-electron chi connectivity index (χ0n) is 11.0. The Balaban J connectivity index is 2.17. The molecule has 1 heterocycles. The van der Waals surface area contributed by atoms with Crippen molar-refractivity contribution in [2.45, 2.75) is 32.7 Å². The summed E-state index contributed by atoms with van der Waals surface area (Å²) in [5.41, 5.74) is 2.75. The van der Waals surface area contributed by atoms with Crippen LogP contribution in [-0.2, 0) is 12.0 Å². The number of nitrogens with one attached hydrogen (secondary N) is 1. The Hall–Kier alpha value is -0.800. The molecule has 0 fully saturated rings. The summed E-state index contributed by atoms with van der Waals surface area (Å²) in [6.45, 7) is 7.60. The molecule has 96 valence electrons. The fourth-order valence-corrected chi connectivity index (χ4v) is 3.35. The van der Waals surface area contributed by atoms with E-state index < -0.39 is 0 Å². The number of thiophene rings is 1. The molecule has 0 atom stereocenters. The molecule has 0 saturated heterocycles. The molecular weight excluding hydrogens is 306 g/mol. The second kappa shape index (κ2) is 5.45. The van der Waals surface area contributed by atoms with Gasteiger partial charge in [-0.1, -0.05) is 39.0 Å². The van der Waals surface area contributed by atoms with E-state index in [0.717, 1.165) is 6.54 Å². The molecule has 0 unspecified atom stereocenters. The fraction of sp³-hybridized carbons (Fsp3) is 0.333. The molecule has 0 saturated carbocycles. The highest BCUT2D eigenvalue weighted by Crippen LogP contribution is 2.30. The molecule has 0 amide bonds. The molecule has 2 rings (SSSR count). The summed E-state index contributed by atoms with van der Waals surface area (Å²) in [5.74, 6) is 0. The molecule has 18 heavy (non-hydrogen) atoms. The SMILES string of the molecule is CC(C)(C)c1ccccc1NCc1sccc1Br. The molecule has 0 aliphatic heterocycles. The van der Waals surface area contributed by atoms with Crippen molar-refractivity contribution in [2.75, 3.05) is 5.32 Å². The maximum absolute atomic E-state index is 3.57. The smallest absolute Gasteiger partial charge is 0.0505 e. The van der Waals surface area contributed by atoms with Crippen molar-refractivity contribution in [3.63, 3.8) is 0 Å². The lowest BCUT2D eigenvalue weighted by Crippen LogP contribution is -2.14. The Labute approximate surface area is 121 Å². The molecule has 1 N–H and O–H groups in total. The standard InChI is InChI=1S/C15H18BrNS/c1-15(2,3)11-6-4-5-7-13(11)17-10-14-12(16)8-9-18-14/h4-9,17H,10H2,1-3H3. The molecule has 0 aliphatic rings. The van der Waals surface area contributed by atoms with Crippen LogP contribution in [0.3, 0.4) is 0 Å². The largest absolute Gasteiger partial charge is 0.380 e. The highest BCUT2D eigenvalue weighted by atomic mass is 79.9. The van der Waals surface area contributed by atoms with Crippen molar-refractivity contribution in [1.29, 1.82) is 0 Å². The van der Waals surface area contributed by atoms with E-state index in [9.17, 15) is 0 Å². The average Bonchev–Trinajstić information content (AvgIpc) is 2.71. The molecule has 0 bridgehead atoms. The summed E-state index contributed by atoms with van der Waals surface area (Å²) in [6.07, 6.45) is 0. The van der Waals surface area contributed by atoms with Gasteiger partial charge < -0.3 is 5.32 Å². The highest BCUT2D eigenvalue weighted by molar-refractivity contribution is 9.10. The van der Waals surface area contributed by atoms with Crippen molar-refractivity contribution in [3.05, 3.63) is 50.6 Å². The van der Waals surface area contributed by atoms with Gasteiger partial charge in [-0.25, -0.2) is 0 Å². The van der Waals surface area contributed by atoms with Gasteiger partial charge in [-0.15, -0.1) is 11.3 Å². The Morgan fingerprint density at radius 1 is 1.17 bits per heavy atom. The second-order valence-corrected chi connectivity index (χ2v) is 7.20. The van der Waals surface area contributed by atoms with Crippen LogP contribution in [0.25, 0.3) is 0 Å². The predicted molar refractivity (Wildman–Crippen MR) is 84.5 cm³/mol. The summed E-state index contributed by atoms with van der Waals surface area (Å²) in [5, 5.41) is 5.65. The van der Waals surface area contributed by atoms with Gasteiger partial charge in [0.2, 0.25) is 0 Å². The quantitative estimate of drug-likeness (QED) is 0.795. The third-order valence-electron chi connectivity index (χ3n) is 2.87. The highest BCUT2D eigenvalue weighted by Gasteiger charge is 2.17. The van der Waals surface area contributed by atoms with Gasteiger partial charge >= 0.3 is 0 Å². The van der Waals surface area contributed by atoms with Crippen LogP contribution < -0.4 is 5.32 Å². The fourth-order valence-electron chi connectivity index (χ4n) is 1.92. The third kappa shape index (κ3) is 3.15. The normalized spacial score (nSPS) is 11.6. The van der Waals surface area contributed by atoms with Crippen LogP contribution in [0.15, 0.2) is 40.2 Å². The molecule has 0 aliphatic carbocycles. The monoisotopic (exact) mass is 323 g/mol. The van der Waals surface area contributed by atoms with Crippen molar-refractivity contribution in [3.8, 4) is 0 Å². The van der Waals surface area contributed by atoms with Crippen LogP contribution in [0.4, 0.5) is 5.69 Å². The lowest BCUT2D eigenvalue weighted by molar-refractivity contribution is 0.591. The van der Waals surface area contributed by atoms with E-state index in [0.29, 0.717) is 0 Å². The maximum atomic E-state index is 3.57. The van der Waals surface area contributed by atoms with E-state index in [-0.39, 0.29) is 5.41 Å². The number of para-hydroxylation sites is 1. The Kier molecular flexibility index (Phi) is 4.13. The van der Waals surface area contributed by atoms with Crippen molar-refractivity contribution < 1.29 is 0 Å². The molecule has 1 aromatic carbocycles. The van der Waals surface area contributed by atoms with Crippen molar-refractivity contribution in [1.82, 2.24) is 0 Å². The van der Waals surface area contributed by atoms with Crippen molar-refractivity contribution in [2.24, 2.45) is 0 Å². The summed E-state index contributed by atoms with van der Waals surface area (Å²) >= 11 is 5.34.